The summed E-state index contributed by atoms with van der Waals surface area (Å²) in [5, 5.41) is 12.7. The molecular formula is C15H21FN2O2. The molecule has 0 bridgehead atoms. The van der Waals surface area contributed by atoms with Crippen molar-refractivity contribution in [2.45, 2.75) is 31.9 Å². The lowest BCUT2D eigenvalue weighted by Gasteiger charge is -2.35. The van der Waals surface area contributed by atoms with Crippen LogP contribution in [0.4, 0.5) is 4.39 Å². The van der Waals surface area contributed by atoms with Gasteiger partial charge in [-0.2, -0.15) is 0 Å². The second-order valence-corrected chi connectivity index (χ2v) is 5.68. The van der Waals surface area contributed by atoms with Crippen LogP contribution in [0, 0.1) is 5.82 Å². The number of aliphatic hydroxyl groups is 1. The number of rotatable bonds is 4. The largest absolute Gasteiger partial charge is 0.390 e. The molecule has 1 aromatic carbocycles. The van der Waals surface area contributed by atoms with E-state index >= 15 is 0 Å². The maximum Gasteiger partial charge on any atom is 0.234 e. The van der Waals surface area contributed by atoms with E-state index in [0.717, 1.165) is 18.7 Å². The number of halogens is 1. The lowest BCUT2D eigenvalue weighted by Crippen LogP contribution is -2.46. The molecule has 2 rings (SSSR count). The van der Waals surface area contributed by atoms with E-state index in [1.54, 1.807) is 12.1 Å². The van der Waals surface area contributed by atoms with Crippen molar-refractivity contribution in [3.63, 3.8) is 0 Å². The number of hydrogen-bond acceptors (Lipinski definition) is 3. The third-order valence-corrected chi connectivity index (χ3v) is 3.70. The molecule has 1 fully saturated rings. The van der Waals surface area contributed by atoms with Crippen LogP contribution < -0.4 is 5.32 Å². The Morgan fingerprint density at radius 2 is 1.95 bits per heavy atom. The van der Waals surface area contributed by atoms with Gasteiger partial charge in [-0.05, 0) is 37.5 Å². The van der Waals surface area contributed by atoms with E-state index in [9.17, 15) is 14.3 Å². The van der Waals surface area contributed by atoms with Crippen LogP contribution in [0.1, 0.15) is 25.3 Å². The molecule has 0 unspecified atom stereocenters. The van der Waals surface area contributed by atoms with Crippen LogP contribution in [0.3, 0.4) is 0 Å². The van der Waals surface area contributed by atoms with Crippen molar-refractivity contribution < 1.29 is 14.3 Å². The summed E-state index contributed by atoms with van der Waals surface area (Å²) in [6, 6.07) is 6.09. The van der Waals surface area contributed by atoms with Crippen molar-refractivity contribution in [1.82, 2.24) is 10.2 Å². The van der Waals surface area contributed by atoms with Crippen molar-refractivity contribution in [3.05, 3.63) is 35.6 Å². The monoisotopic (exact) mass is 280 g/mol. The zero-order valence-electron chi connectivity index (χ0n) is 11.7. The van der Waals surface area contributed by atoms with E-state index in [4.69, 9.17) is 0 Å². The molecule has 1 saturated heterocycles. The topological polar surface area (TPSA) is 52.6 Å². The SMILES string of the molecule is CC1(O)CCN(CC(=O)NCc2ccc(F)cc2)CC1. The average molecular weight is 280 g/mol. The quantitative estimate of drug-likeness (QED) is 0.874. The van der Waals surface area contributed by atoms with Gasteiger partial charge in [0.25, 0.3) is 0 Å². The van der Waals surface area contributed by atoms with Gasteiger partial charge in [-0.1, -0.05) is 12.1 Å². The summed E-state index contributed by atoms with van der Waals surface area (Å²) in [6.45, 7) is 4.05. The number of piperidine rings is 1. The fraction of sp³-hybridized carbons (Fsp3) is 0.533. The number of benzene rings is 1. The molecule has 5 heteroatoms. The Morgan fingerprint density at radius 1 is 1.35 bits per heavy atom. The number of carbonyl (C=O) groups is 1. The summed E-state index contributed by atoms with van der Waals surface area (Å²) in [5.74, 6) is -0.323. The molecule has 2 N–H and O–H groups in total. The molecule has 1 amide bonds. The van der Waals surface area contributed by atoms with E-state index in [1.165, 1.54) is 12.1 Å². The Labute approximate surface area is 118 Å². The molecule has 20 heavy (non-hydrogen) atoms. The van der Waals surface area contributed by atoms with Gasteiger partial charge >= 0.3 is 0 Å². The molecule has 4 nitrogen and oxygen atoms in total. The third-order valence-electron chi connectivity index (χ3n) is 3.70. The van der Waals surface area contributed by atoms with Gasteiger partial charge in [0, 0.05) is 19.6 Å². The number of carbonyl (C=O) groups excluding carboxylic acids is 1. The Morgan fingerprint density at radius 3 is 2.55 bits per heavy atom. The molecule has 0 aliphatic carbocycles. The van der Waals surface area contributed by atoms with Crippen molar-refractivity contribution in [2.75, 3.05) is 19.6 Å². The summed E-state index contributed by atoms with van der Waals surface area (Å²) in [7, 11) is 0. The van der Waals surface area contributed by atoms with Crippen molar-refractivity contribution in [1.29, 1.82) is 0 Å². The minimum absolute atomic E-state index is 0.0455. The van der Waals surface area contributed by atoms with Gasteiger partial charge < -0.3 is 10.4 Å². The van der Waals surface area contributed by atoms with Crippen molar-refractivity contribution >= 4 is 5.91 Å². The first-order valence-electron chi connectivity index (χ1n) is 6.90. The molecular weight excluding hydrogens is 259 g/mol. The zero-order chi connectivity index (χ0) is 14.6. The normalized spacial score (nSPS) is 18.8. The molecule has 1 aliphatic heterocycles. The van der Waals surface area contributed by atoms with E-state index in [0.29, 0.717) is 25.9 Å². The van der Waals surface area contributed by atoms with E-state index in [-0.39, 0.29) is 11.7 Å². The highest BCUT2D eigenvalue weighted by Crippen LogP contribution is 2.20. The number of nitrogens with zero attached hydrogens (tertiary/aromatic N) is 1. The predicted molar refractivity (Wildman–Crippen MR) is 74.5 cm³/mol. The predicted octanol–water partition coefficient (Wildman–Crippen LogP) is 1.29. The highest BCUT2D eigenvalue weighted by Gasteiger charge is 2.27. The minimum Gasteiger partial charge on any atom is -0.390 e. The number of amides is 1. The van der Waals surface area contributed by atoms with Crippen molar-refractivity contribution in [2.24, 2.45) is 0 Å². The number of hydrogen-bond donors (Lipinski definition) is 2. The lowest BCUT2D eigenvalue weighted by atomic mass is 9.94. The molecule has 0 spiro atoms. The van der Waals surface area contributed by atoms with E-state index in [1.807, 2.05) is 11.8 Å². The molecule has 0 radical (unpaired) electrons. The molecule has 0 saturated carbocycles. The second-order valence-electron chi connectivity index (χ2n) is 5.68. The van der Waals surface area contributed by atoms with Gasteiger partial charge in [0.05, 0.1) is 12.1 Å². The fourth-order valence-corrected chi connectivity index (χ4v) is 2.25. The summed E-state index contributed by atoms with van der Waals surface area (Å²) >= 11 is 0. The minimum atomic E-state index is -0.596. The zero-order valence-corrected chi connectivity index (χ0v) is 11.7. The van der Waals surface area contributed by atoms with E-state index in [2.05, 4.69) is 5.32 Å². The first-order valence-corrected chi connectivity index (χ1v) is 6.90. The highest BCUT2D eigenvalue weighted by atomic mass is 19.1. The molecule has 110 valence electrons. The lowest BCUT2D eigenvalue weighted by molar-refractivity contribution is -0.123. The number of nitrogens with one attached hydrogen (secondary N) is 1. The second kappa shape index (κ2) is 6.33. The average Bonchev–Trinajstić information content (AvgIpc) is 2.41. The Hall–Kier alpha value is -1.46. The van der Waals surface area contributed by atoms with Gasteiger partial charge in [-0.3, -0.25) is 9.69 Å². The molecule has 1 aromatic rings. The highest BCUT2D eigenvalue weighted by molar-refractivity contribution is 5.78. The summed E-state index contributed by atoms with van der Waals surface area (Å²) in [4.78, 5) is 13.9. The standard InChI is InChI=1S/C15H21FN2O2/c1-15(20)6-8-18(9-7-15)11-14(19)17-10-12-2-4-13(16)5-3-12/h2-5,20H,6-11H2,1H3,(H,17,19). The van der Waals surface area contributed by atoms with Gasteiger partial charge in [-0.25, -0.2) is 4.39 Å². The molecule has 0 aromatic heterocycles. The Kier molecular flexibility index (Phi) is 4.73. The smallest absolute Gasteiger partial charge is 0.234 e. The first kappa shape index (κ1) is 14.9. The van der Waals surface area contributed by atoms with Crippen LogP contribution in [-0.2, 0) is 11.3 Å². The van der Waals surface area contributed by atoms with Crippen LogP contribution in [0.2, 0.25) is 0 Å². The summed E-state index contributed by atoms with van der Waals surface area (Å²) < 4.78 is 12.7. The Bertz CT molecular complexity index is 449. The number of likely N-dealkylation sites (tertiary alicyclic amines) is 1. The third kappa shape index (κ3) is 4.58. The van der Waals surface area contributed by atoms with Gasteiger partial charge in [0.1, 0.15) is 5.82 Å². The fourth-order valence-electron chi connectivity index (χ4n) is 2.25. The summed E-state index contributed by atoms with van der Waals surface area (Å²) in [6.07, 6.45) is 1.39. The van der Waals surface area contributed by atoms with Crippen LogP contribution in [0.15, 0.2) is 24.3 Å². The van der Waals surface area contributed by atoms with Crippen LogP contribution in [-0.4, -0.2) is 41.1 Å². The van der Waals surface area contributed by atoms with E-state index < -0.39 is 5.60 Å². The summed E-state index contributed by atoms with van der Waals surface area (Å²) in [5.41, 5.74) is 0.280. The molecule has 1 heterocycles. The van der Waals surface area contributed by atoms with Crippen LogP contribution in [0.25, 0.3) is 0 Å². The van der Waals surface area contributed by atoms with Crippen molar-refractivity contribution in [3.8, 4) is 0 Å². The van der Waals surface area contributed by atoms with Gasteiger partial charge in [0.2, 0.25) is 5.91 Å². The Balaban J connectivity index is 1.72. The van der Waals surface area contributed by atoms with Gasteiger partial charge in [-0.15, -0.1) is 0 Å². The van der Waals surface area contributed by atoms with Crippen LogP contribution in [0.5, 0.6) is 0 Å². The molecule has 1 aliphatic rings. The first-order chi connectivity index (χ1) is 9.44. The van der Waals surface area contributed by atoms with Crippen LogP contribution >= 0.6 is 0 Å². The molecule has 0 atom stereocenters. The van der Waals surface area contributed by atoms with Gasteiger partial charge in [0.15, 0.2) is 0 Å². The maximum absolute atomic E-state index is 12.7. The maximum atomic E-state index is 12.7.